The van der Waals surface area contributed by atoms with E-state index in [4.69, 9.17) is 4.74 Å². The van der Waals surface area contributed by atoms with E-state index in [1.807, 2.05) is 6.92 Å². The Labute approximate surface area is 240 Å². The van der Waals surface area contributed by atoms with E-state index in [0.29, 0.717) is 30.7 Å². The summed E-state index contributed by atoms with van der Waals surface area (Å²) in [6.07, 6.45) is 0.722. The number of rotatable bonds is 11. The molecule has 2 aliphatic rings. The minimum absolute atomic E-state index is 0.0819. The third kappa shape index (κ3) is 7.49. The number of carboxylic acids is 1. The van der Waals surface area contributed by atoms with Crippen LogP contribution in [0.5, 0.6) is 11.5 Å². The molecule has 3 rings (SSSR count). The van der Waals surface area contributed by atoms with Crippen molar-refractivity contribution in [3.63, 3.8) is 0 Å². The summed E-state index contributed by atoms with van der Waals surface area (Å²) in [5.74, 6) is -4.01. The first kappa shape index (κ1) is 32.2. The first-order chi connectivity index (χ1) is 19.0. The highest BCUT2D eigenvalue weighted by molar-refractivity contribution is 5.94. The second-order valence-electron chi connectivity index (χ2n) is 12.7. The summed E-state index contributed by atoms with van der Waals surface area (Å²) < 4.78 is 5.79. The predicted octanol–water partition coefficient (Wildman–Crippen LogP) is 2.74. The van der Waals surface area contributed by atoms with Gasteiger partial charge in [-0.2, -0.15) is 0 Å². The Balaban J connectivity index is 1.63. The number of benzene rings is 1. The summed E-state index contributed by atoms with van der Waals surface area (Å²) in [5.41, 5.74) is 0.600. The number of aliphatic hydroxyl groups excluding tert-OH is 1. The van der Waals surface area contributed by atoms with Crippen molar-refractivity contribution < 1.29 is 44.3 Å². The number of likely N-dealkylation sites (tertiary alicyclic amines) is 1. The molecule has 0 radical (unpaired) electrons. The number of esters is 1. The van der Waals surface area contributed by atoms with Gasteiger partial charge in [-0.15, -0.1) is 0 Å². The zero-order valence-corrected chi connectivity index (χ0v) is 24.6. The molecule has 0 aromatic heterocycles. The SMILES string of the molecule is CC(CC1CCC(C)(C)C1(C)C)OC(=O)C1CCCN1C(=O)C(CC(=O)O)NC(=O)C(O)Cc1ccc(O)c(O)c1. The normalized spacial score (nSPS) is 23.4. The Kier molecular flexibility index (Phi) is 9.94. The van der Waals surface area contributed by atoms with Crippen molar-refractivity contribution in [2.24, 2.45) is 16.7 Å². The molecular weight excluding hydrogens is 532 g/mol. The van der Waals surface area contributed by atoms with Crippen LogP contribution in [0.4, 0.5) is 0 Å². The number of phenolic OH excluding ortho intramolecular Hbond substituents is 2. The molecule has 1 saturated heterocycles. The van der Waals surface area contributed by atoms with Crippen LogP contribution in [-0.2, 0) is 30.3 Å². The van der Waals surface area contributed by atoms with E-state index in [9.17, 15) is 39.6 Å². The van der Waals surface area contributed by atoms with Gasteiger partial charge in [-0.3, -0.25) is 14.4 Å². The van der Waals surface area contributed by atoms with Crippen LogP contribution in [0.1, 0.15) is 78.7 Å². The average molecular weight is 577 g/mol. The number of nitrogens with one attached hydrogen (secondary N) is 1. The number of aliphatic carboxylic acids is 1. The Hall–Kier alpha value is -3.34. The maximum atomic E-state index is 13.4. The highest BCUT2D eigenvalue weighted by Crippen LogP contribution is 2.57. The van der Waals surface area contributed by atoms with Crippen LogP contribution in [0.2, 0.25) is 0 Å². The highest BCUT2D eigenvalue weighted by Gasteiger charge is 2.49. The summed E-state index contributed by atoms with van der Waals surface area (Å²) in [5, 5.41) is 41.2. The quantitative estimate of drug-likeness (QED) is 0.196. The Morgan fingerprint density at radius 1 is 1.10 bits per heavy atom. The van der Waals surface area contributed by atoms with Gasteiger partial charge in [-0.1, -0.05) is 33.8 Å². The number of hydrogen-bond donors (Lipinski definition) is 5. The zero-order valence-electron chi connectivity index (χ0n) is 24.6. The van der Waals surface area contributed by atoms with Crippen LogP contribution in [0.15, 0.2) is 18.2 Å². The Bertz CT molecular complexity index is 1150. The molecule has 11 heteroatoms. The molecule has 1 saturated carbocycles. The lowest BCUT2D eigenvalue weighted by Gasteiger charge is -2.40. The molecule has 5 atom stereocenters. The largest absolute Gasteiger partial charge is 0.504 e. The summed E-state index contributed by atoms with van der Waals surface area (Å²) >= 11 is 0. The van der Waals surface area contributed by atoms with Crippen molar-refractivity contribution in [3.8, 4) is 11.5 Å². The third-order valence-electron chi connectivity index (χ3n) is 9.39. The fourth-order valence-electron chi connectivity index (χ4n) is 6.04. The van der Waals surface area contributed by atoms with Gasteiger partial charge in [0.25, 0.3) is 0 Å². The molecule has 0 spiro atoms. The van der Waals surface area contributed by atoms with Gasteiger partial charge in [0, 0.05) is 13.0 Å². The molecule has 5 N–H and O–H groups in total. The lowest BCUT2D eigenvalue weighted by Crippen LogP contribution is -2.54. The van der Waals surface area contributed by atoms with Gasteiger partial charge in [-0.25, -0.2) is 4.79 Å². The standard InChI is InChI=1S/C30H44N2O9/c1-17(13-19-10-11-29(2,3)30(19,4)5)41-28(40)21-7-6-12-32(21)27(39)20(16-25(36)37)31-26(38)24(35)15-18-8-9-22(33)23(34)14-18/h8-9,14,17,19-21,24,33-35H,6-7,10-13,15-16H2,1-5H3,(H,31,38)(H,36,37). The molecule has 1 heterocycles. The van der Waals surface area contributed by atoms with Gasteiger partial charge in [0.15, 0.2) is 11.5 Å². The highest BCUT2D eigenvalue weighted by atomic mass is 16.5. The van der Waals surface area contributed by atoms with Crippen LogP contribution in [-0.4, -0.2) is 79.9 Å². The number of aliphatic hydroxyl groups is 1. The lowest BCUT2D eigenvalue weighted by molar-refractivity contribution is -0.159. The number of amides is 2. The van der Waals surface area contributed by atoms with Crippen molar-refractivity contribution in [2.75, 3.05) is 6.54 Å². The van der Waals surface area contributed by atoms with Crippen molar-refractivity contribution in [3.05, 3.63) is 23.8 Å². The molecule has 2 fully saturated rings. The number of aromatic hydroxyl groups is 2. The number of nitrogens with zero attached hydrogens (tertiary/aromatic N) is 1. The number of phenols is 2. The summed E-state index contributed by atoms with van der Waals surface area (Å²) in [6.45, 7) is 11.1. The Morgan fingerprint density at radius 3 is 2.37 bits per heavy atom. The van der Waals surface area contributed by atoms with Gasteiger partial charge in [0.05, 0.1) is 12.5 Å². The number of carbonyl (C=O) groups excluding carboxylic acids is 3. The van der Waals surface area contributed by atoms with Gasteiger partial charge in [0.1, 0.15) is 18.2 Å². The second-order valence-corrected chi connectivity index (χ2v) is 12.7. The predicted molar refractivity (Wildman–Crippen MR) is 149 cm³/mol. The maximum Gasteiger partial charge on any atom is 0.329 e. The Morgan fingerprint density at radius 2 is 1.78 bits per heavy atom. The minimum atomic E-state index is -1.66. The van der Waals surface area contributed by atoms with Gasteiger partial charge in [0.2, 0.25) is 11.8 Å². The number of ether oxygens (including phenoxy) is 1. The first-order valence-corrected chi connectivity index (χ1v) is 14.3. The monoisotopic (exact) mass is 576 g/mol. The van der Waals surface area contributed by atoms with E-state index in [1.54, 1.807) is 0 Å². The van der Waals surface area contributed by atoms with Gasteiger partial charge in [-0.05, 0) is 73.5 Å². The molecule has 1 aliphatic heterocycles. The molecule has 1 aromatic rings. The van der Waals surface area contributed by atoms with Crippen molar-refractivity contribution in [1.82, 2.24) is 10.2 Å². The number of carbonyl (C=O) groups is 4. The third-order valence-corrected chi connectivity index (χ3v) is 9.39. The molecule has 228 valence electrons. The first-order valence-electron chi connectivity index (χ1n) is 14.3. The van der Waals surface area contributed by atoms with E-state index < -0.39 is 54.1 Å². The van der Waals surface area contributed by atoms with Crippen molar-refractivity contribution in [1.29, 1.82) is 0 Å². The second kappa shape index (κ2) is 12.7. The van der Waals surface area contributed by atoms with Crippen LogP contribution in [0.3, 0.4) is 0 Å². The summed E-state index contributed by atoms with van der Waals surface area (Å²) in [6, 6.07) is 1.39. The average Bonchev–Trinajstić information content (AvgIpc) is 3.44. The van der Waals surface area contributed by atoms with E-state index in [-0.39, 0.29) is 35.6 Å². The lowest BCUT2D eigenvalue weighted by atomic mass is 9.66. The van der Waals surface area contributed by atoms with Crippen LogP contribution >= 0.6 is 0 Å². The zero-order chi connectivity index (χ0) is 30.7. The van der Waals surface area contributed by atoms with E-state index in [1.165, 1.54) is 23.1 Å². The fourth-order valence-corrected chi connectivity index (χ4v) is 6.04. The molecular formula is C30H44N2O9. The summed E-state index contributed by atoms with van der Waals surface area (Å²) in [7, 11) is 0. The van der Waals surface area contributed by atoms with Crippen LogP contribution < -0.4 is 5.32 Å². The smallest absolute Gasteiger partial charge is 0.329 e. The van der Waals surface area contributed by atoms with Crippen LogP contribution in [0, 0.1) is 16.7 Å². The van der Waals surface area contributed by atoms with E-state index in [2.05, 4.69) is 33.0 Å². The minimum Gasteiger partial charge on any atom is -0.504 e. The van der Waals surface area contributed by atoms with Crippen molar-refractivity contribution in [2.45, 2.75) is 104 Å². The molecule has 1 aromatic carbocycles. The number of carboxylic acid groups (broad SMARTS) is 1. The topological polar surface area (TPSA) is 174 Å². The molecule has 0 bridgehead atoms. The maximum absolute atomic E-state index is 13.4. The summed E-state index contributed by atoms with van der Waals surface area (Å²) in [4.78, 5) is 52.1. The molecule has 41 heavy (non-hydrogen) atoms. The van der Waals surface area contributed by atoms with Crippen molar-refractivity contribution >= 4 is 23.8 Å². The molecule has 5 unspecified atom stereocenters. The van der Waals surface area contributed by atoms with E-state index >= 15 is 0 Å². The molecule has 2 amide bonds. The van der Waals surface area contributed by atoms with Gasteiger partial charge >= 0.3 is 11.9 Å². The molecule has 1 aliphatic carbocycles. The van der Waals surface area contributed by atoms with E-state index in [0.717, 1.165) is 12.8 Å². The number of hydrogen-bond acceptors (Lipinski definition) is 8. The fraction of sp³-hybridized carbons (Fsp3) is 0.667. The van der Waals surface area contributed by atoms with Crippen LogP contribution in [0.25, 0.3) is 0 Å². The molecule has 11 nitrogen and oxygen atoms in total. The van der Waals surface area contributed by atoms with Gasteiger partial charge < -0.3 is 35.4 Å².